The number of allylic oxidation sites excluding steroid dienone is 3. The van der Waals surface area contributed by atoms with Crippen LogP contribution in [-0.4, -0.2) is 11.6 Å². The lowest BCUT2D eigenvalue weighted by Gasteiger charge is -2.58. The van der Waals surface area contributed by atoms with Crippen molar-refractivity contribution < 1.29 is 9.59 Å². The molecule has 2 nitrogen and oxygen atoms in total. The molecule has 4 aliphatic rings. The van der Waals surface area contributed by atoms with Gasteiger partial charge in [-0.1, -0.05) is 19.9 Å². The largest absolute Gasteiger partial charge is 0.299 e. The predicted molar refractivity (Wildman–Crippen MR) is 95.5 cm³/mol. The molecule has 130 valence electrons. The topological polar surface area (TPSA) is 34.1 Å². The average molecular weight is 326 g/mol. The standard InChI is InChI=1S/C22H30O2/c1-5-14-12-15-16-6-7-19(24)21(16,3)10-8-17(15)22(4)11-9-18(23)13(2)20(14)22/h5,15-17H,6-12H2,1-4H3/t15-,16-,17+,21-,22+/m0/s1. The van der Waals surface area contributed by atoms with E-state index in [1.807, 2.05) is 6.92 Å². The molecule has 24 heavy (non-hydrogen) atoms. The van der Waals surface area contributed by atoms with E-state index in [0.29, 0.717) is 35.7 Å². The van der Waals surface area contributed by atoms with Crippen LogP contribution in [-0.2, 0) is 9.59 Å². The van der Waals surface area contributed by atoms with Gasteiger partial charge in [0, 0.05) is 18.3 Å². The van der Waals surface area contributed by atoms with Gasteiger partial charge in [-0.3, -0.25) is 9.59 Å². The molecule has 0 heterocycles. The zero-order chi connectivity index (χ0) is 17.3. The number of carbonyl (C=O) groups is 2. The van der Waals surface area contributed by atoms with Crippen molar-refractivity contribution in [1.29, 1.82) is 0 Å². The second-order valence-corrected chi connectivity index (χ2v) is 9.15. The third-order valence-corrected chi connectivity index (χ3v) is 8.33. The van der Waals surface area contributed by atoms with Gasteiger partial charge in [0.15, 0.2) is 5.78 Å². The Bertz CT molecular complexity index is 682. The number of fused-ring (bicyclic) bond motifs is 5. The first-order valence-electron chi connectivity index (χ1n) is 9.76. The Morgan fingerprint density at radius 2 is 1.71 bits per heavy atom. The van der Waals surface area contributed by atoms with Crippen molar-refractivity contribution in [1.82, 2.24) is 0 Å². The van der Waals surface area contributed by atoms with Crippen LogP contribution in [0.25, 0.3) is 0 Å². The molecule has 0 aliphatic heterocycles. The maximum atomic E-state index is 12.5. The number of ketones is 2. The molecule has 2 heteroatoms. The average Bonchev–Trinajstić information content (AvgIpc) is 2.86. The maximum absolute atomic E-state index is 12.5. The summed E-state index contributed by atoms with van der Waals surface area (Å²) in [6.07, 6.45) is 9.09. The summed E-state index contributed by atoms with van der Waals surface area (Å²) < 4.78 is 0. The van der Waals surface area contributed by atoms with E-state index in [1.54, 1.807) is 0 Å². The second-order valence-electron chi connectivity index (χ2n) is 9.15. The minimum Gasteiger partial charge on any atom is -0.299 e. The van der Waals surface area contributed by atoms with Crippen LogP contribution in [0.2, 0.25) is 0 Å². The molecule has 5 atom stereocenters. The molecule has 0 aromatic carbocycles. The van der Waals surface area contributed by atoms with Crippen molar-refractivity contribution in [2.45, 2.75) is 72.6 Å². The van der Waals surface area contributed by atoms with Crippen LogP contribution < -0.4 is 0 Å². The van der Waals surface area contributed by atoms with Crippen LogP contribution in [0.1, 0.15) is 72.6 Å². The van der Waals surface area contributed by atoms with Crippen molar-refractivity contribution in [3.8, 4) is 0 Å². The molecule has 0 saturated heterocycles. The number of rotatable bonds is 0. The lowest BCUT2D eigenvalue weighted by atomic mass is 9.46. The molecule has 0 radical (unpaired) electrons. The van der Waals surface area contributed by atoms with Crippen LogP contribution in [0.4, 0.5) is 0 Å². The van der Waals surface area contributed by atoms with Crippen molar-refractivity contribution in [2.24, 2.45) is 28.6 Å². The van der Waals surface area contributed by atoms with Crippen molar-refractivity contribution in [2.75, 3.05) is 0 Å². The zero-order valence-electron chi connectivity index (χ0n) is 15.6. The molecule has 0 N–H and O–H groups in total. The lowest BCUT2D eigenvalue weighted by molar-refractivity contribution is -0.132. The van der Waals surface area contributed by atoms with Crippen molar-refractivity contribution in [3.05, 3.63) is 22.8 Å². The molecule has 0 aromatic rings. The first-order valence-corrected chi connectivity index (χ1v) is 9.76. The van der Waals surface area contributed by atoms with Gasteiger partial charge in [-0.15, -0.1) is 0 Å². The molecule has 0 spiro atoms. The second kappa shape index (κ2) is 5.16. The fraction of sp³-hybridized carbons (Fsp3) is 0.727. The summed E-state index contributed by atoms with van der Waals surface area (Å²) in [5, 5.41) is 0. The summed E-state index contributed by atoms with van der Waals surface area (Å²) in [5.74, 6) is 2.67. The van der Waals surface area contributed by atoms with Crippen LogP contribution >= 0.6 is 0 Å². The Balaban J connectivity index is 1.82. The van der Waals surface area contributed by atoms with Gasteiger partial charge in [0.05, 0.1) is 0 Å². The Labute approximate surface area is 145 Å². The van der Waals surface area contributed by atoms with Crippen molar-refractivity contribution >= 4 is 11.6 Å². The highest BCUT2D eigenvalue weighted by Crippen LogP contribution is 2.65. The molecule has 0 amide bonds. The van der Waals surface area contributed by atoms with Gasteiger partial charge in [0.25, 0.3) is 0 Å². The van der Waals surface area contributed by atoms with E-state index in [2.05, 4.69) is 26.8 Å². The molecule has 4 rings (SSSR count). The quantitative estimate of drug-likeness (QED) is 0.625. The summed E-state index contributed by atoms with van der Waals surface area (Å²) >= 11 is 0. The van der Waals surface area contributed by atoms with E-state index in [0.717, 1.165) is 44.1 Å². The molecule has 0 aromatic heterocycles. The third kappa shape index (κ3) is 1.89. The van der Waals surface area contributed by atoms with E-state index in [4.69, 9.17) is 0 Å². The van der Waals surface area contributed by atoms with E-state index >= 15 is 0 Å². The van der Waals surface area contributed by atoms with Crippen molar-refractivity contribution in [3.63, 3.8) is 0 Å². The Morgan fingerprint density at radius 1 is 1.00 bits per heavy atom. The maximum Gasteiger partial charge on any atom is 0.158 e. The van der Waals surface area contributed by atoms with E-state index in [-0.39, 0.29) is 10.8 Å². The first-order chi connectivity index (χ1) is 11.3. The molecule has 3 saturated carbocycles. The Kier molecular flexibility index (Phi) is 3.50. The summed E-state index contributed by atoms with van der Waals surface area (Å²) in [5.41, 5.74) is 3.85. The third-order valence-electron chi connectivity index (χ3n) is 8.33. The number of hydrogen-bond donors (Lipinski definition) is 0. The fourth-order valence-corrected chi connectivity index (χ4v) is 6.98. The monoisotopic (exact) mass is 326 g/mol. The van der Waals surface area contributed by atoms with Crippen LogP contribution in [0.15, 0.2) is 22.8 Å². The normalized spacial score (nSPS) is 46.8. The number of Topliss-reactive ketones (excluding diaryl/α,β-unsaturated/α-hetero) is 2. The fourth-order valence-electron chi connectivity index (χ4n) is 6.98. The van der Waals surface area contributed by atoms with Crippen LogP contribution in [0.5, 0.6) is 0 Å². The molecule has 0 unspecified atom stereocenters. The Morgan fingerprint density at radius 3 is 2.42 bits per heavy atom. The highest BCUT2D eigenvalue weighted by atomic mass is 16.1. The minimum absolute atomic E-state index is 0.0723. The molecule has 3 fully saturated rings. The highest BCUT2D eigenvalue weighted by molar-refractivity contribution is 5.97. The van der Waals surface area contributed by atoms with Gasteiger partial charge < -0.3 is 0 Å². The van der Waals surface area contributed by atoms with Gasteiger partial charge in [0.1, 0.15) is 5.78 Å². The van der Waals surface area contributed by atoms with Gasteiger partial charge in [0.2, 0.25) is 0 Å². The Hall–Kier alpha value is -1.18. The van der Waals surface area contributed by atoms with E-state index in [1.165, 1.54) is 11.1 Å². The van der Waals surface area contributed by atoms with Crippen LogP contribution in [0, 0.1) is 28.6 Å². The summed E-state index contributed by atoms with van der Waals surface area (Å²) in [7, 11) is 0. The van der Waals surface area contributed by atoms with E-state index < -0.39 is 0 Å². The summed E-state index contributed by atoms with van der Waals surface area (Å²) in [4.78, 5) is 24.9. The van der Waals surface area contributed by atoms with Gasteiger partial charge in [-0.05, 0) is 85.8 Å². The minimum atomic E-state index is -0.0723. The van der Waals surface area contributed by atoms with Crippen LogP contribution in [0.3, 0.4) is 0 Å². The highest BCUT2D eigenvalue weighted by Gasteiger charge is 2.60. The predicted octanol–water partition coefficient (Wildman–Crippen LogP) is 5.03. The molecule has 0 bridgehead atoms. The number of carbonyl (C=O) groups excluding carboxylic acids is 2. The summed E-state index contributed by atoms with van der Waals surface area (Å²) in [6.45, 7) is 8.82. The van der Waals surface area contributed by atoms with E-state index in [9.17, 15) is 9.59 Å². The lowest BCUT2D eigenvalue weighted by Crippen LogP contribution is -2.51. The van der Waals surface area contributed by atoms with Gasteiger partial charge >= 0.3 is 0 Å². The zero-order valence-corrected chi connectivity index (χ0v) is 15.6. The SMILES string of the molecule is CC=C1C[C@@H]2[C@@H](CC[C@]3(C)C(=O)CC[C@@H]23)[C@@]2(C)CCC(=O)C(C)=C12. The summed E-state index contributed by atoms with van der Waals surface area (Å²) in [6, 6.07) is 0. The number of hydrogen-bond acceptors (Lipinski definition) is 2. The first kappa shape index (κ1) is 16.3. The molecule has 4 aliphatic carbocycles. The molecular weight excluding hydrogens is 296 g/mol. The molecular formula is C22H30O2. The van der Waals surface area contributed by atoms with Gasteiger partial charge in [-0.2, -0.15) is 0 Å². The smallest absolute Gasteiger partial charge is 0.158 e. The van der Waals surface area contributed by atoms with Gasteiger partial charge in [-0.25, -0.2) is 0 Å².